The van der Waals surface area contributed by atoms with Crippen LogP contribution in [-0.4, -0.2) is 0 Å². The van der Waals surface area contributed by atoms with E-state index in [0.717, 1.165) is 11.4 Å². The fourth-order valence-corrected chi connectivity index (χ4v) is 1.20. The second kappa shape index (κ2) is 4.44. The monoisotopic (exact) mass is 215 g/mol. The van der Waals surface area contributed by atoms with Crippen LogP contribution >= 0.6 is 0 Å². The van der Waals surface area contributed by atoms with E-state index in [1.165, 1.54) is 0 Å². The second-order valence-corrected chi connectivity index (χ2v) is 3.40. The minimum atomic E-state index is 0.700. The quantitative estimate of drug-likeness (QED) is 0.542. The molecule has 4 heteroatoms. The molecule has 2 aromatic rings. The molecule has 0 unspecified atom stereocenters. The molecule has 0 atom stereocenters. The van der Waals surface area contributed by atoms with Crippen molar-refractivity contribution in [2.45, 2.75) is 0 Å². The van der Waals surface area contributed by atoms with E-state index in [1.807, 2.05) is 12.1 Å². The van der Waals surface area contributed by atoms with Gasteiger partial charge in [0.1, 0.15) is 0 Å². The van der Waals surface area contributed by atoms with Gasteiger partial charge in [0.25, 0.3) is 0 Å². The van der Waals surface area contributed by atoms with Crippen LogP contribution in [0.4, 0.5) is 17.1 Å². The SMILES string of the molecule is Nc1ccc(NOc2ccc(N)cc2)cc1. The lowest BCUT2D eigenvalue weighted by Gasteiger charge is -2.08. The Morgan fingerprint density at radius 3 is 1.81 bits per heavy atom. The number of nitrogen functional groups attached to an aromatic ring is 2. The Hall–Kier alpha value is -2.36. The van der Waals surface area contributed by atoms with E-state index in [2.05, 4.69) is 5.48 Å². The summed E-state index contributed by atoms with van der Waals surface area (Å²) in [6.45, 7) is 0. The molecule has 0 bridgehead atoms. The van der Waals surface area contributed by atoms with Crippen molar-refractivity contribution in [1.82, 2.24) is 0 Å². The molecule has 0 spiro atoms. The van der Waals surface area contributed by atoms with Crippen LogP contribution in [0.25, 0.3) is 0 Å². The smallest absolute Gasteiger partial charge is 0.155 e. The van der Waals surface area contributed by atoms with E-state index < -0.39 is 0 Å². The van der Waals surface area contributed by atoms with Gasteiger partial charge >= 0.3 is 0 Å². The zero-order valence-corrected chi connectivity index (χ0v) is 8.68. The highest BCUT2D eigenvalue weighted by Crippen LogP contribution is 2.15. The first-order valence-corrected chi connectivity index (χ1v) is 4.88. The van der Waals surface area contributed by atoms with Crippen LogP contribution in [0.15, 0.2) is 48.5 Å². The van der Waals surface area contributed by atoms with Crippen LogP contribution < -0.4 is 21.8 Å². The lowest BCUT2D eigenvalue weighted by molar-refractivity contribution is 0.405. The van der Waals surface area contributed by atoms with Gasteiger partial charge in [-0.15, -0.1) is 0 Å². The van der Waals surface area contributed by atoms with E-state index in [9.17, 15) is 0 Å². The average Bonchev–Trinajstić information content (AvgIpc) is 2.30. The van der Waals surface area contributed by atoms with Crippen molar-refractivity contribution >= 4 is 17.1 Å². The summed E-state index contributed by atoms with van der Waals surface area (Å²) in [7, 11) is 0. The lowest BCUT2D eigenvalue weighted by atomic mass is 10.3. The van der Waals surface area contributed by atoms with Gasteiger partial charge < -0.3 is 16.3 Å². The van der Waals surface area contributed by atoms with Crippen molar-refractivity contribution in [3.63, 3.8) is 0 Å². The third-order valence-electron chi connectivity index (χ3n) is 2.08. The normalized spacial score (nSPS) is 9.75. The van der Waals surface area contributed by atoms with Gasteiger partial charge in [-0.3, -0.25) is 0 Å². The summed E-state index contributed by atoms with van der Waals surface area (Å²) < 4.78 is 0. The largest absolute Gasteiger partial charge is 0.399 e. The Balaban J connectivity index is 1.97. The summed E-state index contributed by atoms with van der Waals surface area (Å²) in [5.41, 5.74) is 16.2. The van der Waals surface area contributed by atoms with E-state index in [4.69, 9.17) is 16.3 Å². The Morgan fingerprint density at radius 1 is 0.750 bits per heavy atom. The van der Waals surface area contributed by atoms with Crippen LogP contribution in [0.5, 0.6) is 5.75 Å². The van der Waals surface area contributed by atoms with Gasteiger partial charge in [0.15, 0.2) is 5.75 Å². The molecular weight excluding hydrogens is 202 g/mol. The van der Waals surface area contributed by atoms with Crippen LogP contribution in [0.3, 0.4) is 0 Å². The zero-order valence-electron chi connectivity index (χ0n) is 8.68. The van der Waals surface area contributed by atoms with Crippen LogP contribution in [0, 0.1) is 0 Å². The van der Waals surface area contributed by atoms with Crippen LogP contribution in [0.1, 0.15) is 0 Å². The third kappa shape index (κ3) is 2.57. The fraction of sp³-hybridized carbons (Fsp3) is 0. The Morgan fingerprint density at radius 2 is 1.25 bits per heavy atom. The molecular formula is C12H13N3O. The summed E-state index contributed by atoms with van der Waals surface area (Å²) in [6.07, 6.45) is 0. The molecule has 0 aliphatic rings. The third-order valence-corrected chi connectivity index (χ3v) is 2.08. The minimum absolute atomic E-state index is 0.700. The van der Waals surface area contributed by atoms with Crippen molar-refractivity contribution in [1.29, 1.82) is 0 Å². The van der Waals surface area contributed by atoms with Crippen molar-refractivity contribution in [3.8, 4) is 5.75 Å². The number of nitrogens with one attached hydrogen (secondary N) is 1. The molecule has 0 aliphatic carbocycles. The summed E-state index contributed by atoms with van der Waals surface area (Å²) >= 11 is 0. The molecule has 16 heavy (non-hydrogen) atoms. The Labute approximate surface area is 93.8 Å². The molecule has 0 heterocycles. The first-order valence-electron chi connectivity index (χ1n) is 4.88. The standard InChI is InChI=1S/C12H13N3O/c13-9-1-5-11(6-2-9)15-16-12-7-3-10(14)4-8-12/h1-8,15H,13-14H2. The Bertz CT molecular complexity index is 405. The molecule has 0 amide bonds. The van der Waals surface area contributed by atoms with Crippen molar-refractivity contribution in [3.05, 3.63) is 48.5 Å². The topological polar surface area (TPSA) is 73.3 Å². The molecule has 0 radical (unpaired) electrons. The number of hydrogen-bond donors (Lipinski definition) is 3. The summed E-state index contributed by atoms with van der Waals surface area (Å²) in [4.78, 5) is 5.34. The number of rotatable bonds is 3. The number of anilines is 3. The van der Waals surface area contributed by atoms with Gasteiger partial charge in [-0.25, -0.2) is 5.48 Å². The molecule has 0 saturated carbocycles. The van der Waals surface area contributed by atoms with Gasteiger partial charge in [-0.1, -0.05) is 0 Å². The maximum atomic E-state index is 5.57. The summed E-state index contributed by atoms with van der Waals surface area (Å²) in [5, 5.41) is 0. The van der Waals surface area contributed by atoms with Gasteiger partial charge in [0.2, 0.25) is 0 Å². The Kier molecular flexibility index (Phi) is 2.82. The molecule has 0 fully saturated rings. The predicted molar refractivity (Wildman–Crippen MR) is 66.0 cm³/mol. The zero-order chi connectivity index (χ0) is 11.4. The van der Waals surface area contributed by atoms with Gasteiger partial charge in [-0.05, 0) is 48.5 Å². The first kappa shape index (κ1) is 10.2. The van der Waals surface area contributed by atoms with Gasteiger partial charge in [0, 0.05) is 11.4 Å². The molecule has 5 N–H and O–H groups in total. The van der Waals surface area contributed by atoms with E-state index >= 15 is 0 Å². The maximum absolute atomic E-state index is 5.57. The molecule has 0 saturated heterocycles. The highest BCUT2D eigenvalue weighted by atomic mass is 16.6. The summed E-state index contributed by atoms with van der Waals surface area (Å²) in [5.74, 6) is 0.700. The first-order chi connectivity index (χ1) is 7.74. The fourth-order valence-electron chi connectivity index (χ4n) is 1.20. The molecule has 2 aromatic carbocycles. The molecule has 4 nitrogen and oxygen atoms in total. The summed E-state index contributed by atoms with van der Waals surface area (Å²) in [6, 6.07) is 14.4. The highest BCUT2D eigenvalue weighted by Gasteiger charge is 1.94. The maximum Gasteiger partial charge on any atom is 0.155 e. The van der Waals surface area contributed by atoms with Gasteiger partial charge in [-0.2, -0.15) is 0 Å². The van der Waals surface area contributed by atoms with E-state index in [1.54, 1.807) is 36.4 Å². The molecule has 82 valence electrons. The van der Waals surface area contributed by atoms with Crippen molar-refractivity contribution < 1.29 is 4.84 Å². The molecule has 0 aromatic heterocycles. The lowest BCUT2D eigenvalue weighted by Crippen LogP contribution is -2.04. The minimum Gasteiger partial charge on any atom is -0.399 e. The highest BCUT2D eigenvalue weighted by molar-refractivity contribution is 5.50. The number of benzene rings is 2. The number of hydrogen-bond acceptors (Lipinski definition) is 4. The average molecular weight is 215 g/mol. The molecule has 0 aliphatic heterocycles. The van der Waals surface area contributed by atoms with Crippen LogP contribution in [-0.2, 0) is 0 Å². The van der Waals surface area contributed by atoms with Crippen molar-refractivity contribution in [2.24, 2.45) is 0 Å². The molecule has 2 rings (SSSR count). The second-order valence-electron chi connectivity index (χ2n) is 3.40. The van der Waals surface area contributed by atoms with Gasteiger partial charge in [0.05, 0.1) is 5.69 Å². The predicted octanol–water partition coefficient (Wildman–Crippen LogP) is 2.26. The number of nitrogens with two attached hydrogens (primary N) is 2. The van der Waals surface area contributed by atoms with Crippen molar-refractivity contribution in [2.75, 3.05) is 16.9 Å². The van der Waals surface area contributed by atoms with Crippen LogP contribution in [0.2, 0.25) is 0 Å². The van der Waals surface area contributed by atoms with E-state index in [0.29, 0.717) is 11.4 Å². The van der Waals surface area contributed by atoms with E-state index in [-0.39, 0.29) is 0 Å².